The number of benzene rings is 1. The van der Waals surface area contributed by atoms with Crippen LogP contribution in [0.15, 0.2) is 12.1 Å². The smallest absolute Gasteiger partial charge is 0.171 e. The molecule has 0 radical (unpaired) electrons. The van der Waals surface area contributed by atoms with Gasteiger partial charge in [0.25, 0.3) is 0 Å². The highest BCUT2D eigenvalue weighted by atomic mass is 19.1. The van der Waals surface area contributed by atoms with Crippen molar-refractivity contribution in [1.29, 1.82) is 0 Å². The van der Waals surface area contributed by atoms with E-state index >= 15 is 0 Å². The molecule has 2 aliphatic carbocycles. The predicted molar refractivity (Wildman–Crippen MR) is 81.5 cm³/mol. The minimum atomic E-state index is -0.266. The van der Waals surface area contributed by atoms with E-state index in [-0.39, 0.29) is 11.9 Å². The second-order valence-electron chi connectivity index (χ2n) is 6.46. The third-order valence-corrected chi connectivity index (χ3v) is 4.91. The zero-order valence-electron chi connectivity index (χ0n) is 12.9. The summed E-state index contributed by atoms with van der Waals surface area (Å²) in [6.07, 6.45) is 9.99. The molecule has 3 rings (SSSR count). The fourth-order valence-corrected chi connectivity index (χ4v) is 3.18. The summed E-state index contributed by atoms with van der Waals surface area (Å²) < 4.78 is 25.8. The van der Waals surface area contributed by atoms with Crippen LogP contribution < -0.4 is 9.47 Å². The topological polar surface area (TPSA) is 18.5 Å². The molecule has 1 aromatic rings. The maximum atomic E-state index is 14.3. The van der Waals surface area contributed by atoms with Crippen LogP contribution >= 0.6 is 0 Å². The summed E-state index contributed by atoms with van der Waals surface area (Å²) in [5.41, 5.74) is 0.570. The van der Waals surface area contributed by atoms with Gasteiger partial charge in [-0.3, -0.25) is 0 Å². The molecule has 2 aliphatic rings. The van der Waals surface area contributed by atoms with Gasteiger partial charge >= 0.3 is 0 Å². The van der Waals surface area contributed by atoms with Gasteiger partial charge in [0.2, 0.25) is 0 Å². The Morgan fingerprint density at radius 2 is 1.76 bits per heavy atom. The van der Waals surface area contributed by atoms with Crippen LogP contribution in [0.4, 0.5) is 4.39 Å². The first kappa shape index (κ1) is 14.7. The minimum absolute atomic E-state index is 0.266. The summed E-state index contributed by atoms with van der Waals surface area (Å²) in [5, 5.41) is 0. The van der Waals surface area contributed by atoms with Crippen molar-refractivity contribution >= 4 is 0 Å². The molecule has 0 aromatic heterocycles. The first-order chi connectivity index (χ1) is 10.2. The Hall–Kier alpha value is -1.25. The molecule has 21 heavy (non-hydrogen) atoms. The number of ether oxygens (including phenoxy) is 2. The standard InChI is InChI=1S/C18H25FO2/c1-13-16(21-15-7-4-8-15)9-10-17(18(13)19)20-12-11-14-5-2-3-6-14/h9-10,14-15H,2-8,11-12H2,1H3. The maximum absolute atomic E-state index is 14.3. The van der Waals surface area contributed by atoms with Crippen LogP contribution in [0.3, 0.4) is 0 Å². The summed E-state index contributed by atoms with van der Waals surface area (Å²) in [7, 11) is 0. The van der Waals surface area contributed by atoms with Gasteiger partial charge in [0.1, 0.15) is 5.75 Å². The van der Waals surface area contributed by atoms with E-state index in [1.165, 1.54) is 32.1 Å². The van der Waals surface area contributed by atoms with Crippen LogP contribution in [-0.2, 0) is 0 Å². The van der Waals surface area contributed by atoms with Crippen molar-refractivity contribution in [2.45, 2.75) is 64.4 Å². The molecular weight excluding hydrogens is 267 g/mol. The number of halogens is 1. The molecule has 1 aromatic carbocycles. The molecule has 0 spiro atoms. The van der Waals surface area contributed by atoms with Gasteiger partial charge in [0.15, 0.2) is 11.6 Å². The second kappa shape index (κ2) is 6.67. The molecule has 2 fully saturated rings. The average Bonchev–Trinajstić information content (AvgIpc) is 2.94. The van der Waals surface area contributed by atoms with E-state index in [2.05, 4.69) is 0 Å². The Labute approximate surface area is 126 Å². The van der Waals surface area contributed by atoms with Crippen molar-refractivity contribution in [2.75, 3.05) is 6.61 Å². The Balaban J connectivity index is 1.55. The van der Waals surface area contributed by atoms with Gasteiger partial charge in [0.05, 0.1) is 12.7 Å². The minimum Gasteiger partial charge on any atom is -0.490 e. The zero-order chi connectivity index (χ0) is 14.7. The molecule has 2 saturated carbocycles. The van der Waals surface area contributed by atoms with Gasteiger partial charge in [-0.2, -0.15) is 0 Å². The van der Waals surface area contributed by atoms with Crippen molar-refractivity contribution < 1.29 is 13.9 Å². The van der Waals surface area contributed by atoms with E-state index in [4.69, 9.17) is 9.47 Å². The van der Waals surface area contributed by atoms with Crippen LogP contribution in [0, 0.1) is 18.7 Å². The Morgan fingerprint density at radius 1 is 1.05 bits per heavy atom. The van der Waals surface area contributed by atoms with E-state index in [0.29, 0.717) is 23.7 Å². The fraction of sp³-hybridized carbons (Fsp3) is 0.667. The molecule has 0 saturated heterocycles. The molecule has 0 aliphatic heterocycles. The van der Waals surface area contributed by atoms with Gasteiger partial charge in [-0.25, -0.2) is 4.39 Å². The maximum Gasteiger partial charge on any atom is 0.171 e. The van der Waals surface area contributed by atoms with Crippen molar-refractivity contribution in [1.82, 2.24) is 0 Å². The molecule has 0 bridgehead atoms. The van der Waals surface area contributed by atoms with Gasteiger partial charge in [-0.1, -0.05) is 25.7 Å². The van der Waals surface area contributed by atoms with E-state index < -0.39 is 0 Å². The fourth-order valence-electron chi connectivity index (χ4n) is 3.18. The summed E-state index contributed by atoms with van der Waals surface area (Å²) in [6.45, 7) is 2.39. The molecule has 3 heteroatoms. The molecule has 0 heterocycles. The van der Waals surface area contributed by atoms with Crippen LogP contribution in [0.5, 0.6) is 11.5 Å². The molecule has 0 amide bonds. The third-order valence-electron chi connectivity index (χ3n) is 4.91. The monoisotopic (exact) mass is 292 g/mol. The SMILES string of the molecule is Cc1c(OC2CCC2)ccc(OCCC2CCCC2)c1F. The lowest BCUT2D eigenvalue weighted by Gasteiger charge is -2.27. The largest absolute Gasteiger partial charge is 0.490 e. The van der Waals surface area contributed by atoms with Crippen LogP contribution in [0.25, 0.3) is 0 Å². The molecule has 2 nitrogen and oxygen atoms in total. The molecule has 0 unspecified atom stereocenters. The van der Waals surface area contributed by atoms with Crippen molar-refractivity contribution in [3.8, 4) is 11.5 Å². The number of hydrogen-bond donors (Lipinski definition) is 0. The van der Waals surface area contributed by atoms with E-state index in [9.17, 15) is 4.39 Å². The van der Waals surface area contributed by atoms with Crippen LogP contribution in [0.1, 0.15) is 56.9 Å². The Bertz CT molecular complexity index is 476. The molecular formula is C18H25FO2. The van der Waals surface area contributed by atoms with Crippen molar-refractivity contribution in [2.24, 2.45) is 5.92 Å². The normalized spacial score (nSPS) is 19.5. The van der Waals surface area contributed by atoms with Crippen LogP contribution in [0.2, 0.25) is 0 Å². The summed E-state index contributed by atoms with van der Waals surface area (Å²) in [6, 6.07) is 3.56. The Kier molecular flexibility index (Phi) is 4.67. The first-order valence-electron chi connectivity index (χ1n) is 8.32. The highest BCUT2D eigenvalue weighted by Gasteiger charge is 2.21. The van der Waals surface area contributed by atoms with E-state index in [1.807, 2.05) is 6.07 Å². The van der Waals surface area contributed by atoms with Gasteiger partial charge in [-0.05, 0) is 50.7 Å². The average molecular weight is 292 g/mol. The lowest BCUT2D eigenvalue weighted by Crippen LogP contribution is -2.25. The first-order valence-corrected chi connectivity index (χ1v) is 8.32. The number of hydrogen-bond acceptors (Lipinski definition) is 2. The summed E-state index contributed by atoms with van der Waals surface area (Å²) in [5.74, 6) is 1.54. The summed E-state index contributed by atoms with van der Waals surface area (Å²) >= 11 is 0. The predicted octanol–water partition coefficient (Wildman–Crippen LogP) is 5.02. The lowest BCUT2D eigenvalue weighted by atomic mass is 9.96. The zero-order valence-corrected chi connectivity index (χ0v) is 12.9. The molecule has 0 N–H and O–H groups in total. The molecule has 116 valence electrons. The highest BCUT2D eigenvalue weighted by Crippen LogP contribution is 2.33. The highest BCUT2D eigenvalue weighted by molar-refractivity contribution is 5.41. The van der Waals surface area contributed by atoms with Gasteiger partial charge < -0.3 is 9.47 Å². The second-order valence-corrected chi connectivity index (χ2v) is 6.46. The summed E-state index contributed by atoms with van der Waals surface area (Å²) in [4.78, 5) is 0. The third kappa shape index (κ3) is 3.50. The van der Waals surface area contributed by atoms with Gasteiger partial charge in [0, 0.05) is 5.56 Å². The quantitative estimate of drug-likeness (QED) is 0.732. The van der Waals surface area contributed by atoms with Crippen molar-refractivity contribution in [3.63, 3.8) is 0 Å². The van der Waals surface area contributed by atoms with E-state index in [1.54, 1.807) is 13.0 Å². The van der Waals surface area contributed by atoms with Crippen molar-refractivity contribution in [3.05, 3.63) is 23.5 Å². The number of rotatable bonds is 6. The molecule has 0 atom stereocenters. The Morgan fingerprint density at radius 3 is 2.43 bits per heavy atom. The lowest BCUT2D eigenvalue weighted by molar-refractivity contribution is 0.118. The van der Waals surface area contributed by atoms with E-state index in [0.717, 1.165) is 25.2 Å². The van der Waals surface area contributed by atoms with Crippen LogP contribution in [-0.4, -0.2) is 12.7 Å². The van der Waals surface area contributed by atoms with Gasteiger partial charge in [-0.15, -0.1) is 0 Å².